The minimum absolute atomic E-state index is 0.0410. The summed E-state index contributed by atoms with van der Waals surface area (Å²) in [7, 11) is 0. The van der Waals surface area contributed by atoms with E-state index in [0.717, 1.165) is 24.8 Å². The topological polar surface area (TPSA) is 49.2 Å². The van der Waals surface area contributed by atoms with Gasteiger partial charge in [-0.3, -0.25) is 0 Å². The molecule has 0 amide bonds. The number of piperidine rings is 1. The number of hydrogen-bond acceptors (Lipinski definition) is 4. The highest BCUT2D eigenvalue weighted by atomic mass is 16.3. The standard InChI is InChI=1S/C12H19N3O/c1-9-5-6-15(7-10(9)2)12-4-3-11(8-16)13-14-12/h3-4,9-10,16H,5-8H2,1-2H3. The van der Waals surface area contributed by atoms with E-state index in [9.17, 15) is 0 Å². The van der Waals surface area contributed by atoms with Gasteiger partial charge in [0.25, 0.3) is 0 Å². The molecule has 4 nitrogen and oxygen atoms in total. The molecule has 1 aromatic rings. The summed E-state index contributed by atoms with van der Waals surface area (Å²) in [6.07, 6.45) is 1.21. The monoisotopic (exact) mass is 221 g/mol. The molecular weight excluding hydrogens is 202 g/mol. The lowest BCUT2D eigenvalue weighted by molar-refractivity contribution is 0.275. The van der Waals surface area contributed by atoms with E-state index < -0.39 is 0 Å². The van der Waals surface area contributed by atoms with Crippen molar-refractivity contribution in [3.8, 4) is 0 Å². The van der Waals surface area contributed by atoms with Crippen molar-refractivity contribution in [1.82, 2.24) is 10.2 Å². The molecule has 2 unspecified atom stereocenters. The fourth-order valence-corrected chi connectivity index (χ4v) is 2.08. The van der Waals surface area contributed by atoms with Gasteiger partial charge in [-0.05, 0) is 30.4 Å². The summed E-state index contributed by atoms with van der Waals surface area (Å²) in [6, 6.07) is 3.78. The van der Waals surface area contributed by atoms with Crippen molar-refractivity contribution in [2.45, 2.75) is 26.9 Å². The summed E-state index contributed by atoms with van der Waals surface area (Å²) in [5, 5.41) is 17.0. The fraction of sp³-hybridized carbons (Fsp3) is 0.667. The maximum absolute atomic E-state index is 8.90. The van der Waals surface area contributed by atoms with Gasteiger partial charge < -0.3 is 10.0 Å². The molecule has 1 aliphatic rings. The van der Waals surface area contributed by atoms with Gasteiger partial charge in [-0.2, -0.15) is 5.10 Å². The van der Waals surface area contributed by atoms with Gasteiger partial charge in [0, 0.05) is 13.1 Å². The first-order valence-corrected chi connectivity index (χ1v) is 5.89. The number of anilines is 1. The highest BCUT2D eigenvalue weighted by Gasteiger charge is 2.23. The number of aliphatic hydroxyl groups excluding tert-OH is 1. The van der Waals surface area contributed by atoms with Crippen LogP contribution in [0.5, 0.6) is 0 Å². The summed E-state index contributed by atoms with van der Waals surface area (Å²) < 4.78 is 0. The predicted molar refractivity (Wildman–Crippen MR) is 63.1 cm³/mol. The van der Waals surface area contributed by atoms with Crippen molar-refractivity contribution in [1.29, 1.82) is 0 Å². The number of rotatable bonds is 2. The Morgan fingerprint density at radius 2 is 2.12 bits per heavy atom. The minimum atomic E-state index is -0.0410. The molecule has 1 fully saturated rings. The molecule has 0 aromatic carbocycles. The van der Waals surface area contributed by atoms with Gasteiger partial charge in [-0.15, -0.1) is 5.10 Å². The molecule has 1 saturated heterocycles. The van der Waals surface area contributed by atoms with Gasteiger partial charge in [-0.25, -0.2) is 0 Å². The van der Waals surface area contributed by atoms with Gasteiger partial charge in [0.2, 0.25) is 0 Å². The molecule has 88 valence electrons. The van der Waals surface area contributed by atoms with Crippen molar-refractivity contribution in [2.75, 3.05) is 18.0 Å². The zero-order valence-electron chi connectivity index (χ0n) is 9.93. The van der Waals surface area contributed by atoms with Crippen molar-refractivity contribution in [3.05, 3.63) is 17.8 Å². The smallest absolute Gasteiger partial charge is 0.151 e. The van der Waals surface area contributed by atoms with Gasteiger partial charge in [0.1, 0.15) is 0 Å². The summed E-state index contributed by atoms with van der Waals surface area (Å²) in [6.45, 7) is 6.66. The molecule has 0 aliphatic carbocycles. The summed E-state index contributed by atoms with van der Waals surface area (Å²) in [5.74, 6) is 2.42. The molecule has 1 aromatic heterocycles. The lowest BCUT2D eigenvalue weighted by atomic mass is 9.89. The third kappa shape index (κ3) is 2.32. The second-order valence-corrected chi connectivity index (χ2v) is 4.73. The van der Waals surface area contributed by atoms with E-state index in [-0.39, 0.29) is 6.61 Å². The Labute approximate surface area is 96.3 Å². The average Bonchev–Trinajstić information content (AvgIpc) is 2.33. The number of nitrogens with zero attached hydrogens (tertiary/aromatic N) is 3. The molecule has 0 bridgehead atoms. The molecule has 0 spiro atoms. The molecule has 16 heavy (non-hydrogen) atoms. The van der Waals surface area contributed by atoms with Crippen molar-refractivity contribution in [3.63, 3.8) is 0 Å². The van der Waals surface area contributed by atoms with Crippen LogP contribution in [0.2, 0.25) is 0 Å². The molecule has 2 rings (SSSR count). The molecular formula is C12H19N3O. The van der Waals surface area contributed by atoms with Gasteiger partial charge >= 0.3 is 0 Å². The number of aliphatic hydroxyl groups is 1. The van der Waals surface area contributed by atoms with Crippen LogP contribution in [0, 0.1) is 11.8 Å². The third-order valence-electron chi connectivity index (χ3n) is 3.53. The largest absolute Gasteiger partial charge is 0.390 e. The van der Waals surface area contributed by atoms with E-state index in [1.807, 2.05) is 12.1 Å². The van der Waals surface area contributed by atoms with Crippen LogP contribution < -0.4 is 4.90 Å². The predicted octanol–water partition coefficient (Wildman–Crippen LogP) is 1.45. The Hall–Kier alpha value is -1.16. The van der Waals surface area contributed by atoms with Crippen molar-refractivity contribution < 1.29 is 5.11 Å². The normalized spacial score (nSPS) is 25.8. The van der Waals surface area contributed by atoms with Crippen LogP contribution >= 0.6 is 0 Å². The molecule has 2 atom stereocenters. The molecule has 1 aliphatic heterocycles. The summed E-state index contributed by atoms with van der Waals surface area (Å²) >= 11 is 0. The van der Waals surface area contributed by atoms with E-state index in [2.05, 4.69) is 28.9 Å². The Balaban J connectivity index is 2.06. The maximum Gasteiger partial charge on any atom is 0.151 e. The summed E-state index contributed by atoms with van der Waals surface area (Å²) in [4.78, 5) is 2.28. The van der Waals surface area contributed by atoms with Crippen LogP contribution in [0.15, 0.2) is 12.1 Å². The Kier molecular flexibility index (Phi) is 3.39. The van der Waals surface area contributed by atoms with E-state index >= 15 is 0 Å². The van der Waals surface area contributed by atoms with Crippen LogP contribution in [0.4, 0.5) is 5.82 Å². The Bertz CT molecular complexity index is 339. The first-order valence-electron chi connectivity index (χ1n) is 5.89. The first kappa shape index (κ1) is 11.3. The zero-order valence-corrected chi connectivity index (χ0v) is 9.93. The summed E-state index contributed by atoms with van der Waals surface area (Å²) in [5.41, 5.74) is 0.627. The Morgan fingerprint density at radius 3 is 2.69 bits per heavy atom. The van der Waals surface area contributed by atoms with E-state index in [0.29, 0.717) is 11.6 Å². The van der Waals surface area contributed by atoms with Crippen LogP contribution in [-0.4, -0.2) is 28.4 Å². The molecule has 1 N–H and O–H groups in total. The Morgan fingerprint density at radius 1 is 1.31 bits per heavy atom. The minimum Gasteiger partial charge on any atom is -0.390 e. The van der Waals surface area contributed by atoms with E-state index in [1.165, 1.54) is 6.42 Å². The lowest BCUT2D eigenvalue weighted by Crippen LogP contribution is -2.38. The SMILES string of the molecule is CC1CCN(c2ccc(CO)nn2)CC1C. The second kappa shape index (κ2) is 4.78. The average molecular weight is 221 g/mol. The first-order chi connectivity index (χ1) is 7.70. The van der Waals surface area contributed by atoms with Gasteiger partial charge in [0.15, 0.2) is 5.82 Å². The van der Waals surface area contributed by atoms with Crippen molar-refractivity contribution in [2.24, 2.45) is 11.8 Å². The van der Waals surface area contributed by atoms with E-state index in [4.69, 9.17) is 5.11 Å². The van der Waals surface area contributed by atoms with Gasteiger partial charge in [-0.1, -0.05) is 13.8 Å². The lowest BCUT2D eigenvalue weighted by Gasteiger charge is -2.35. The molecule has 2 heterocycles. The van der Waals surface area contributed by atoms with Crippen molar-refractivity contribution >= 4 is 5.82 Å². The van der Waals surface area contributed by atoms with Crippen LogP contribution in [0.3, 0.4) is 0 Å². The quantitative estimate of drug-likeness (QED) is 0.821. The highest BCUT2D eigenvalue weighted by molar-refractivity contribution is 5.37. The van der Waals surface area contributed by atoms with E-state index in [1.54, 1.807) is 0 Å². The zero-order chi connectivity index (χ0) is 11.5. The molecule has 0 radical (unpaired) electrons. The third-order valence-corrected chi connectivity index (χ3v) is 3.53. The maximum atomic E-state index is 8.90. The highest BCUT2D eigenvalue weighted by Crippen LogP contribution is 2.25. The van der Waals surface area contributed by atoms with Crippen LogP contribution in [-0.2, 0) is 6.61 Å². The fourth-order valence-electron chi connectivity index (χ4n) is 2.08. The number of hydrogen-bond donors (Lipinski definition) is 1. The molecule has 0 saturated carbocycles. The van der Waals surface area contributed by atoms with Crippen LogP contribution in [0.1, 0.15) is 26.0 Å². The second-order valence-electron chi connectivity index (χ2n) is 4.73. The molecule has 4 heteroatoms. The number of aromatic nitrogens is 2. The van der Waals surface area contributed by atoms with Crippen LogP contribution in [0.25, 0.3) is 0 Å². The van der Waals surface area contributed by atoms with Gasteiger partial charge in [0.05, 0.1) is 12.3 Å².